The fourth-order valence-corrected chi connectivity index (χ4v) is 4.16. The second kappa shape index (κ2) is 9.93. The number of para-hydroxylation sites is 1. The number of guanidine groups is 1. The largest absolute Gasteiger partial charge is 0.497 e. The van der Waals surface area contributed by atoms with Crippen molar-refractivity contribution in [3.05, 3.63) is 108 Å². The van der Waals surface area contributed by atoms with Gasteiger partial charge in [-0.05, 0) is 41.5 Å². The molecule has 2 aliphatic rings. The quantitative estimate of drug-likeness (QED) is 0.523. The third-order valence-corrected chi connectivity index (χ3v) is 6.09. The van der Waals surface area contributed by atoms with Crippen LogP contribution in [-0.2, 0) is 9.59 Å². The highest BCUT2D eigenvalue weighted by Crippen LogP contribution is 2.32. The maximum atomic E-state index is 13.9. The van der Waals surface area contributed by atoms with E-state index in [9.17, 15) is 14.9 Å². The Hall–Kier alpha value is -5.00. The maximum absolute atomic E-state index is 13.9. The minimum Gasteiger partial charge on any atom is -0.497 e. The molecule has 0 aromatic heterocycles. The number of amides is 2. The molecule has 0 aliphatic carbocycles. The van der Waals surface area contributed by atoms with Gasteiger partial charge in [-0.3, -0.25) is 9.59 Å². The normalized spacial score (nSPS) is 20.2. The van der Waals surface area contributed by atoms with Crippen LogP contribution in [0.15, 0.2) is 102 Å². The van der Waals surface area contributed by atoms with Gasteiger partial charge in [0.05, 0.1) is 18.9 Å². The predicted molar refractivity (Wildman–Crippen MR) is 141 cm³/mol. The minimum absolute atomic E-state index is 0.0638. The van der Waals surface area contributed by atoms with E-state index in [2.05, 4.69) is 16.5 Å². The molecule has 1 fully saturated rings. The second-order valence-corrected chi connectivity index (χ2v) is 8.48. The van der Waals surface area contributed by atoms with Crippen molar-refractivity contribution in [3.63, 3.8) is 0 Å². The summed E-state index contributed by atoms with van der Waals surface area (Å²) >= 11 is 0. The summed E-state index contributed by atoms with van der Waals surface area (Å²) in [5.41, 5.74) is 3.72. The van der Waals surface area contributed by atoms with E-state index in [4.69, 9.17) is 4.74 Å². The number of aliphatic imine (C=N–C) groups is 1. The van der Waals surface area contributed by atoms with Gasteiger partial charge >= 0.3 is 0 Å². The SMILES string of the molecule is COc1ccc(/C=C2\C(=O)N=C3N2NC(C#N)(C/C=C/c2ccccc2)C(=O)N3c2ccccc2)cc1. The van der Waals surface area contributed by atoms with Gasteiger partial charge in [0, 0.05) is 6.42 Å². The molecule has 0 spiro atoms. The van der Waals surface area contributed by atoms with E-state index in [1.807, 2.05) is 42.5 Å². The van der Waals surface area contributed by atoms with E-state index in [1.54, 1.807) is 67.8 Å². The molecule has 0 saturated carbocycles. The number of anilines is 1. The zero-order valence-corrected chi connectivity index (χ0v) is 20.0. The third kappa shape index (κ3) is 4.51. The van der Waals surface area contributed by atoms with Crippen LogP contribution in [0.5, 0.6) is 5.75 Å². The van der Waals surface area contributed by atoms with Crippen molar-refractivity contribution in [2.75, 3.05) is 12.0 Å². The molecule has 0 bridgehead atoms. The van der Waals surface area contributed by atoms with Crippen LogP contribution in [0.4, 0.5) is 5.69 Å². The lowest BCUT2D eigenvalue weighted by Gasteiger charge is -2.42. The molecule has 37 heavy (non-hydrogen) atoms. The number of benzene rings is 3. The van der Waals surface area contributed by atoms with Crippen molar-refractivity contribution >= 4 is 35.6 Å². The van der Waals surface area contributed by atoms with Gasteiger partial charge in [0.1, 0.15) is 11.4 Å². The first kappa shape index (κ1) is 23.7. The van der Waals surface area contributed by atoms with Gasteiger partial charge in [-0.2, -0.15) is 15.7 Å². The van der Waals surface area contributed by atoms with Crippen LogP contribution >= 0.6 is 0 Å². The van der Waals surface area contributed by atoms with Crippen LogP contribution in [0.2, 0.25) is 0 Å². The third-order valence-electron chi connectivity index (χ3n) is 6.09. The molecule has 1 unspecified atom stereocenters. The van der Waals surface area contributed by atoms with Gasteiger partial charge in [-0.15, -0.1) is 0 Å². The monoisotopic (exact) mass is 489 g/mol. The van der Waals surface area contributed by atoms with E-state index in [0.29, 0.717) is 11.4 Å². The molecule has 1 atom stereocenters. The van der Waals surface area contributed by atoms with Gasteiger partial charge < -0.3 is 4.74 Å². The van der Waals surface area contributed by atoms with Crippen LogP contribution in [-0.4, -0.2) is 35.4 Å². The summed E-state index contributed by atoms with van der Waals surface area (Å²) in [6.45, 7) is 0. The van der Waals surface area contributed by atoms with Gasteiger partial charge in [0.2, 0.25) is 11.5 Å². The number of hydrogen-bond acceptors (Lipinski definition) is 6. The maximum Gasteiger partial charge on any atom is 0.298 e. The van der Waals surface area contributed by atoms with E-state index in [1.165, 1.54) is 9.91 Å². The molecule has 182 valence electrons. The second-order valence-electron chi connectivity index (χ2n) is 8.48. The zero-order chi connectivity index (χ0) is 25.8. The Balaban J connectivity index is 1.56. The summed E-state index contributed by atoms with van der Waals surface area (Å²) in [5.74, 6) is -0.269. The number of rotatable bonds is 6. The van der Waals surface area contributed by atoms with Crippen molar-refractivity contribution in [1.29, 1.82) is 5.26 Å². The van der Waals surface area contributed by atoms with Gasteiger partial charge in [-0.1, -0.05) is 72.8 Å². The van der Waals surface area contributed by atoms with Crippen molar-refractivity contribution in [3.8, 4) is 11.8 Å². The Bertz CT molecular complexity index is 1460. The van der Waals surface area contributed by atoms with Crippen LogP contribution in [0.1, 0.15) is 17.5 Å². The first-order chi connectivity index (χ1) is 18.0. The Kier molecular flexibility index (Phi) is 6.37. The van der Waals surface area contributed by atoms with Crippen LogP contribution < -0.4 is 15.1 Å². The first-order valence-corrected chi connectivity index (χ1v) is 11.6. The Labute approximate surface area is 214 Å². The predicted octanol–water partition coefficient (Wildman–Crippen LogP) is 4.15. The number of ether oxygens (including phenoxy) is 1. The lowest BCUT2D eigenvalue weighted by atomic mass is 9.93. The molecule has 2 amide bonds. The smallest absolute Gasteiger partial charge is 0.298 e. The number of carbonyl (C=O) groups is 2. The Morgan fingerprint density at radius 1 is 0.973 bits per heavy atom. The molecule has 3 aromatic rings. The molecule has 3 aromatic carbocycles. The average molecular weight is 490 g/mol. The summed E-state index contributed by atoms with van der Waals surface area (Å²) in [6, 6.07) is 27.8. The first-order valence-electron chi connectivity index (χ1n) is 11.6. The van der Waals surface area contributed by atoms with Gasteiger partial charge in [-0.25, -0.2) is 9.91 Å². The highest BCUT2D eigenvalue weighted by molar-refractivity contribution is 6.28. The Morgan fingerprint density at radius 3 is 2.30 bits per heavy atom. The lowest BCUT2D eigenvalue weighted by Crippen LogP contribution is -2.71. The number of nitriles is 1. The fraction of sp³-hybridized carbons (Fsp3) is 0.103. The van der Waals surface area contributed by atoms with Crippen molar-refractivity contribution in [2.24, 2.45) is 4.99 Å². The topological polar surface area (TPSA) is 98.0 Å². The number of nitrogens with zero attached hydrogens (tertiary/aromatic N) is 4. The molecule has 1 saturated heterocycles. The van der Waals surface area contributed by atoms with Crippen LogP contribution in [0.3, 0.4) is 0 Å². The fourth-order valence-electron chi connectivity index (χ4n) is 4.16. The number of carbonyl (C=O) groups excluding carboxylic acids is 2. The van der Waals surface area contributed by atoms with Crippen molar-refractivity contribution < 1.29 is 14.3 Å². The summed E-state index contributed by atoms with van der Waals surface area (Å²) in [5, 5.41) is 11.7. The minimum atomic E-state index is -1.68. The number of methoxy groups -OCH3 is 1. The van der Waals surface area contributed by atoms with Gasteiger partial charge in [0.15, 0.2) is 0 Å². The highest BCUT2D eigenvalue weighted by Gasteiger charge is 2.53. The summed E-state index contributed by atoms with van der Waals surface area (Å²) in [7, 11) is 1.58. The number of nitrogens with one attached hydrogen (secondary N) is 1. The molecular weight excluding hydrogens is 466 g/mol. The number of hydrazine groups is 1. The number of fused-ring (bicyclic) bond motifs is 1. The molecule has 8 nitrogen and oxygen atoms in total. The lowest BCUT2D eigenvalue weighted by molar-refractivity contribution is -0.124. The molecule has 0 radical (unpaired) electrons. The van der Waals surface area contributed by atoms with E-state index in [0.717, 1.165) is 11.1 Å². The van der Waals surface area contributed by atoms with Crippen molar-refractivity contribution in [1.82, 2.24) is 10.4 Å². The van der Waals surface area contributed by atoms with E-state index < -0.39 is 17.4 Å². The number of hydrogen-bond donors (Lipinski definition) is 1. The molecule has 2 heterocycles. The summed E-state index contributed by atoms with van der Waals surface area (Å²) < 4.78 is 5.21. The average Bonchev–Trinajstić information content (AvgIpc) is 3.24. The Morgan fingerprint density at radius 2 is 1.65 bits per heavy atom. The van der Waals surface area contributed by atoms with Crippen LogP contribution in [0, 0.1) is 11.3 Å². The molecule has 1 N–H and O–H groups in total. The van der Waals surface area contributed by atoms with Gasteiger partial charge in [0.25, 0.3) is 11.8 Å². The summed E-state index contributed by atoms with van der Waals surface area (Å²) in [6.07, 6.45) is 5.35. The molecule has 2 aliphatic heterocycles. The van der Waals surface area contributed by atoms with Crippen molar-refractivity contribution in [2.45, 2.75) is 12.0 Å². The molecular formula is C29H23N5O3. The zero-order valence-electron chi connectivity index (χ0n) is 20.0. The summed E-state index contributed by atoms with van der Waals surface area (Å²) in [4.78, 5) is 32.4. The standard InChI is InChI=1S/C29H23N5O3/c1-37-24-16-14-22(15-17-24)19-25-26(35)31-28-33(23-12-6-3-7-13-23)27(36)29(20-30,32-34(25)28)18-8-11-21-9-4-2-5-10-21/h2-17,19,32H,18H2,1H3/b11-8+,25-19+. The molecule has 8 heteroatoms. The van der Waals surface area contributed by atoms with E-state index >= 15 is 0 Å². The highest BCUT2D eigenvalue weighted by atomic mass is 16.5. The van der Waals surface area contributed by atoms with E-state index in [-0.39, 0.29) is 18.1 Å². The molecule has 5 rings (SSSR count). The van der Waals surface area contributed by atoms with Crippen LogP contribution in [0.25, 0.3) is 12.2 Å².